The van der Waals surface area contributed by atoms with Crippen molar-refractivity contribution < 1.29 is 14.1 Å². The van der Waals surface area contributed by atoms with Gasteiger partial charge in [-0.2, -0.15) is 0 Å². The Labute approximate surface area is 134 Å². The first-order chi connectivity index (χ1) is 11.1. The Morgan fingerprint density at radius 3 is 2.74 bits per heavy atom. The molecular formula is C16H20N4O3. The Hall–Kier alpha value is -2.28. The summed E-state index contributed by atoms with van der Waals surface area (Å²) in [6, 6.07) is 1.59. The van der Waals surface area contributed by atoms with Crippen molar-refractivity contribution in [3.63, 3.8) is 0 Å². The molecule has 1 amide bonds. The predicted octanol–water partition coefficient (Wildman–Crippen LogP) is 2.12. The molecule has 122 valence electrons. The highest BCUT2D eigenvalue weighted by Crippen LogP contribution is 2.32. The molecule has 0 aromatic carbocycles. The van der Waals surface area contributed by atoms with Gasteiger partial charge in [0.15, 0.2) is 11.5 Å². The molecule has 0 radical (unpaired) electrons. The topological polar surface area (TPSA) is 90.1 Å². The minimum Gasteiger partial charge on any atom is -0.367 e. The van der Waals surface area contributed by atoms with Gasteiger partial charge in [0.25, 0.3) is 5.91 Å². The van der Waals surface area contributed by atoms with Gasteiger partial charge in [-0.25, -0.2) is 9.97 Å². The lowest BCUT2D eigenvalue weighted by Gasteiger charge is -2.32. The minimum absolute atomic E-state index is 0.267. The first-order valence-corrected chi connectivity index (χ1v) is 7.74. The van der Waals surface area contributed by atoms with Crippen molar-refractivity contribution in [3.05, 3.63) is 41.3 Å². The highest BCUT2D eigenvalue weighted by Gasteiger charge is 2.32. The molecule has 3 rings (SSSR count). The molecule has 2 aromatic heterocycles. The van der Waals surface area contributed by atoms with Crippen molar-refractivity contribution in [1.82, 2.24) is 20.4 Å². The molecule has 23 heavy (non-hydrogen) atoms. The van der Waals surface area contributed by atoms with Crippen LogP contribution < -0.4 is 5.32 Å². The molecule has 0 bridgehead atoms. The third kappa shape index (κ3) is 3.56. The number of aryl methyl sites for hydroxylation is 1. The van der Waals surface area contributed by atoms with Crippen LogP contribution in [0.1, 0.15) is 53.8 Å². The largest absolute Gasteiger partial charge is 0.367 e. The zero-order valence-electron chi connectivity index (χ0n) is 13.3. The highest BCUT2D eigenvalue weighted by molar-refractivity contribution is 5.92. The molecule has 0 aliphatic carbocycles. The van der Waals surface area contributed by atoms with Gasteiger partial charge in [0.2, 0.25) is 0 Å². The fourth-order valence-corrected chi connectivity index (χ4v) is 2.58. The number of nitrogens with zero attached hydrogens (tertiary/aromatic N) is 3. The Kier molecular flexibility index (Phi) is 4.38. The van der Waals surface area contributed by atoms with Gasteiger partial charge in [-0.05, 0) is 33.1 Å². The molecule has 1 unspecified atom stereocenters. The number of carbonyl (C=O) groups excluding carboxylic acids is 1. The van der Waals surface area contributed by atoms with Crippen LogP contribution in [0.3, 0.4) is 0 Å². The average molecular weight is 316 g/mol. The van der Waals surface area contributed by atoms with Crippen LogP contribution in [-0.4, -0.2) is 27.6 Å². The van der Waals surface area contributed by atoms with E-state index in [0.29, 0.717) is 18.1 Å². The lowest BCUT2D eigenvalue weighted by atomic mass is 9.95. The third-order valence-electron chi connectivity index (χ3n) is 3.96. The van der Waals surface area contributed by atoms with Crippen LogP contribution in [0.2, 0.25) is 0 Å². The van der Waals surface area contributed by atoms with Crippen LogP contribution in [0, 0.1) is 6.92 Å². The minimum atomic E-state index is -0.404. The Morgan fingerprint density at radius 2 is 2.13 bits per heavy atom. The number of hydrogen-bond donors (Lipinski definition) is 1. The van der Waals surface area contributed by atoms with Crippen LogP contribution in [0.15, 0.2) is 23.0 Å². The summed E-state index contributed by atoms with van der Waals surface area (Å²) in [6.07, 6.45) is 6.57. The zero-order chi connectivity index (χ0) is 16.3. The molecular weight excluding hydrogens is 296 g/mol. The summed E-state index contributed by atoms with van der Waals surface area (Å²) in [7, 11) is 0. The van der Waals surface area contributed by atoms with Gasteiger partial charge in [-0.15, -0.1) is 0 Å². The van der Waals surface area contributed by atoms with Crippen LogP contribution >= 0.6 is 0 Å². The van der Waals surface area contributed by atoms with Crippen LogP contribution in [0.25, 0.3) is 0 Å². The van der Waals surface area contributed by atoms with E-state index < -0.39 is 5.60 Å². The van der Waals surface area contributed by atoms with E-state index >= 15 is 0 Å². The molecule has 3 heterocycles. The van der Waals surface area contributed by atoms with E-state index in [2.05, 4.69) is 20.4 Å². The quantitative estimate of drug-likeness (QED) is 0.929. The fourth-order valence-electron chi connectivity index (χ4n) is 2.58. The normalized spacial score (nSPS) is 21.1. The van der Waals surface area contributed by atoms with Crippen molar-refractivity contribution in [2.45, 2.75) is 45.3 Å². The summed E-state index contributed by atoms with van der Waals surface area (Å²) in [6.45, 7) is 4.84. The second kappa shape index (κ2) is 6.45. The van der Waals surface area contributed by atoms with Gasteiger partial charge in [-0.1, -0.05) is 5.16 Å². The number of rotatable bonds is 4. The van der Waals surface area contributed by atoms with Gasteiger partial charge in [0.05, 0.1) is 0 Å². The number of nitrogens with one attached hydrogen (secondary N) is 1. The fraction of sp³-hybridized carbons (Fsp3) is 0.500. The smallest absolute Gasteiger partial charge is 0.273 e. The summed E-state index contributed by atoms with van der Waals surface area (Å²) < 4.78 is 10.7. The molecule has 7 heteroatoms. The summed E-state index contributed by atoms with van der Waals surface area (Å²) in [4.78, 5) is 20.7. The van der Waals surface area contributed by atoms with E-state index in [1.807, 2.05) is 6.92 Å². The standard InChI is InChI=1S/C16H20N4O3/c1-11-7-13(20-23-11)14(21)17-8-12-9-18-15(19-10-12)16(2)5-3-4-6-22-16/h7,9-10H,3-6,8H2,1-2H3,(H,17,21). The van der Waals surface area contributed by atoms with E-state index in [1.165, 1.54) is 0 Å². The number of amides is 1. The van der Waals surface area contributed by atoms with Crippen molar-refractivity contribution in [3.8, 4) is 0 Å². The van der Waals surface area contributed by atoms with Gasteiger partial charge in [0, 0.05) is 37.2 Å². The van der Waals surface area contributed by atoms with Crippen LogP contribution in [0.4, 0.5) is 0 Å². The molecule has 7 nitrogen and oxygen atoms in total. The Balaban J connectivity index is 1.60. The number of ether oxygens (including phenoxy) is 1. The molecule has 2 aromatic rings. The monoisotopic (exact) mass is 316 g/mol. The molecule has 1 saturated heterocycles. The maximum Gasteiger partial charge on any atom is 0.273 e. The lowest BCUT2D eigenvalue weighted by Crippen LogP contribution is -2.32. The molecule has 1 N–H and O–H groups in total. The van der Waals surface area contributed by atoms with Gasteiger partial charge in [-0.3, -0.25) is 4.79 Å². The number of hydrogen-bond acceptors (Lipinski definition) is 6. The molecule has 1 fully saturated rings. The lowest BCUT2D eigenvalue weighted by molar-refractivity contribution is -0.0760. The summed E-state index contributed by atoms with van der Waals surface area (Å²) in [5.41, 5.74) is 0.683. The van der Waals surface area contributed by atoms with Crippen molar-refractivity contribution >= 4 is 5.91 Å². The summed E-state index contributed by atoms with van der Waals surface area (Å²) in [5, 5.41) is 6.44. The van der Waals surface area contributed by atoms with Gasteiger partial charge in [0.1, 0.15) is 11.4 Å². The maximum atomic E-state index is 11.9. The first-order valence-electron chi connectivity index (χ1n) is 7.74. The van der Waals surface area contributed by atoms with E-state index in [-0.39, 0.29) is 11.6 Å². The molecule has 1 aliphatic rings. The Bertz CT molecular complexity index is 675. The molecule has 0 saturated carbocycles. The van der Waals surface area contributed by atoms with E-state index in [0.717, 1.165) is 31.4 Å². The Morgan fingerprint density at radius 1 is 1.35 bits per heavy atom. The van der Waals surface area contributed by atoms with Crippen LogP contribution in [0.5, 0.6) is 0 Å². The second-order valence-electron chi connectivity index (χ2n) is 5.96. The van der Waals surface area contributed by atoms with Crippen molar-refractivity contribution in [2.75, 3.05) is 6.61 Å². The van der Waals surface area contributed by atoms with Gasteiger partial charge < -0.3 is 14.6 Å². The SMILES string of the molecule is Cc1cc(C(=O)NCc2cnc(C3(C)CCCCO3)nc2)no1. The first kappa shape index (κ1) is 15.6. The highest BCUT2D eigenvalue weighted by atomic mass is 16.5. The summed E-state index contributed by atoms with van der Waals surface area (Å²) >= 11 is 0. The third-order valence-corrected chi connectivity index (χ3v) is 3.96. The molecule has 1 aliphatic heterocycles. The molecule has 0 spiro atoms. The average Bonchev–Trinajstić information content (AvgIpc) is 3.00. The van der Waals surface area contributed by atoms with Crippen LogP contribution in [-0.2, 0) is 16.9 Å². The summed E-state index contributed by atoms with van der Waals surface area (Å²) in [5.74, 6) is 1.01. The number of carbonyl (C=O) groups is 1. The van der Waals surface area contributed by atoms with Crippen molar-refractivity contribution in [2.24, 2.45) is 0 Å². The van der Waals surface area contributed by atoms with E-state index in [9.17, 15) is 4.79 Å². The maximum absolute atomic E-state index is 11.9. The van der Waals surface area contributed by atoms with Gasteiger partial charge >= 0.3 is 0 Å². The zero-order valence-corrected chi connectivity index (χ0v) is 13.3. The molecule has 1 atom stereocenters. The second-order valence-corrected chi connectivity index (χ2v) is 5.96. The van der Waals surface area contributed by atoms with E-state index in [1.54, 1.807) is 25.4 Å². The van der Waals surface area contributed by atoms with Crippen molar-refractivity contribution in [1.29, 1.82) is 0 Å². The number of aromatic nitrogens is 3. The predicted molar refractivity (Wildman–Crippen MR) is 81.6 cm³/mol. The van der Waals surface area contributed by atoms with E-state index in [4.69, 9.17) is 9.26 Å².